The Morgan fingerprint density at radius 1 is 0.808 bits per heavy atom. The molecule has 5 heteroatoms. The molecule has 1 N–H and O–H groups in total. The number of nitrogens with one attached hydrogen (secondary N) is 1. The van der Waals surface area contributed by atoms with Gasteiger partial charge in [-0.3, -0.25) is 0 Å². The van der Waals surface area contributed by atoms with Crippen LogP contribution in [-0.2, 0) is 0 Å². The largest absolute Gasteiger partial charge is 0.463 e. The average Bonchev–Trinajstić information content (AvgIpc) is 3.23. The summed E-state index contributed by atoms with van der Waals surface area (Å²) in [5.41, 5.74) is 3.11. The molecule has 124 valence electrons. The molecule has 0 aliphatic carbocycles. The third kappa shape index (κ3) is 3.04. The first-order valence-corrected chi connectivity index (χ1v) is 8.08. The minimum Gasteiger partial charge on any atom is -0.463 e. The molecule has 4 rings (SSSR count). The highest BCUT2D eigenvalue weighted by molar-refractivity contribution is 5.77. The molecule has 0 spiro atoms. The molecule has 2 heterocycles. The summed E-state index contributed by atoms with van der Waals surface area (Å²) in [6, 6.07) is 25.0. The highest BCUT2D eigenvalue weighted by atomic mass is 16.3. The first-order chi connectivity index (χ1) is 12.8. The predicted octanol–water partition coefficient (Wildman–Crippen LogP) is 5.02. The predicted molar refractivity (Wildman–Crippen MR) is 99.6 cm³/mol. The van der Waals surface area contributed by atoms with E-state index in [1.54, 1.807) is 18.4 Å². The summed E-state index contributed by atoms with van der Waals surface area (Å²) in [5.74, 6) is 0.928. The smallest absolute Gasteiger partial charge is 0.228 e. The van der Waals surface area contributed by atoms with Gasteiger partial charge in [-0.15, -0.1) is 0 Å². The number of furan rings is 1. The fourth-order valence-electron chi connectivity index (χ4n) is 2.67. The van der Waals surface area contributed by atoms with E-state index in [2.05, 4.69) is 21.4 Å². The Bertz CT molecular complexity index is 1050. The van der Waals surface area contributed by atoms with E-state index in [9.17, 15) is 5.26 Å². The molecule has 5 nitrogen and oxygen atoms in total. The maximum absolute atomic E-state index is 9.75. The van der Waals surface area contributed by atoms with Gasteiger partial charge < -0.3 is 9.73 Å². The molecule has 26 heavy (non-hydrogen) atoms. The number of benzene rings is 2. The second-order valence-electron chi connectivity index (χ2n) is 5.57. The van der Waals surface area contributed by atoms with E-state index in [1.165, 1.54) is 0 Å². The Morgan fingerprint density at radius 3 is 2.15 bits per heavy atom. The molecule has 0 saturated carbocycles. The van der Waals surface area contributed by atoms with Crippen molar-refractivity contribution < 1.29 is 4.42 Å². The number of aromatic nitrogens is 2. The van der Waals surface area contributed by atoms with E-state index >= 15 is 0 Å². The molecular weight excluding hydrogens is 324 g/mol. The molecule has 0 radical (unpaired) electrons. The first kappa shape index (κ1) is 15.6. The fraction of sp³-hybridized carbons (Fsp3) is 0. The van der Waals surface area contributed by atoms with Gasteiger partial charge in [-0.2, -0.15) is 5.26 Å². The van der Waals surface area contributed by atoms with Crippen LogP contribution >= 0.6 is 0 Å². The van der Waals surface area contributed by atoms with Gasteiger partial charge in [0.1, 0.15) is 17.3 Å². The van der Waals surface area contributed by atoms with Crippen LogP contribution in [0.1, 0.15) is 5.56 Å². The minimum atomic E-state index is 0.379. The molecule has 4 aromatic rings. The minimum absolute atomic E-state index is 0.379. The number of para-hydroxylation sites is 1. The number of hydrogen-bond acceptors (Lipinski definition) is 5. The number of hydrogen-bond donors (Lipinski definition) is 1. The standard InChI is InChI=1S/C21H14N4O/c22-14-17-19(15-8-3-1-4-9-15)24-21(23-16-10-5-2-6-11-16)25-20(17)18-12-7-13-26-18/h1-13H,(H,23,24,25). The van der Waals surface area contributed by atoms with Crippen molar-refractivity contribution in [1.82, 2.24) is 9.97 Å². The van der Waals surface area contributed by atoms with Crippen molar-refractivity contribution in [1.29, 1.82) is 5.26 Å². The summed E-state index contributed by atoms with van der Waals surface area (Å²) in [5, 5.41) is 12.9. The molecular formula is C21H14N4O. The molecule has 0 unspecified atom stereocenters. The maximum atomic E-state index is 9.75. The fourth-order valence-corrected chi connectivity index (χ4v) is 2.67. The topological polar surface area (TPSA) is 74.7 Å². The van der Waals surface area contributed by atoms with Crippen molar-refractivity contribution >= 4 is 11.6 Å². The molecule has 0 fully saturated rings. The van der Waals surface area contributed by atoms with Crippen LogP contribution in [0.5, 0.6) is 0 Å². The van der Waals surface area contributed by atoms with Crippen LogP contribution in [0.15, 0.2) is 83.5 Å². The molecule has 0 bridgehead atoms. The second kappa shape index (κ2) is 6.91. The lowest BCUT2D eigenvalue weighted by Gasteiger charge is -2.11. The summed E-state index contributed by atoms with van der Waals surface area (Å²) in [4.78, 5) is 9.12. The van der Waals surface area contributed by atoms with Gasteiger partial charge in [0.05, 0.1) is 12.0 Å². The zero-order valence-electron chi connectivity index (χ0n) is 13.8. The van der Waals surface area contributed by atoms with Crippen molar-refractivity contribution in [2.24, 2.45) is 0 Å². The van der Waals surface area contributed by atoms with Gasteiger partial charge in [-0.1, -0.05) is 48.5 Å². The maximum Gasteiger partial charge on any atom is 0.228 e. The zero-order valence-corrected chi connectivity index (χ0v) is 13.8. The third-order valence-corrected chi connectivity index (χ3v) is 3.85. The lowest BCUT2D eigenvalue weighted by molar-refractivity contribution is 0.580. The molecule has 2 aromatic carbocycles. The van der Waals surface area contributed by atoms with Crippen molar-refractivity contribution in [2.75, 3.05) is 5.32 Å². The van der Waals surface area contributed by atoms with Gasteiger partial charge in [0.15, 0.2) is 5.76 Å². The van der Waals surface area contributed by atoms with Crippen LogP contribution in [-0.4, -0.2) is 9.97 Å². The first-order valence-electron chi connectivity index (χ1n) is 8.08. The van der Waals surface area contributed by atoms with E-state index in [4.69, 9.17) is 4.42 Å². The summed E-state index contributed by atoms with van der Waals surface area (Å²) in [6.07, 6.45) is 1.56. The van der Waals surface area contributed by atoms with E-state index in [0.29, 0.717) is 28.7 Å². The van der Waals surface area contributed by atoms with Gasteiger partial charge in [0.25, 0.3) is 0 Å². The SMILES string of the molecule is N#Cc1c(-c2ccccc2)nc(Nc2ccccc2)nc1-c1ccco1. The van der Waals surface area contributed by atoms with E-state index in [-0.39, 0.29) is 0 Å². The highest BCUT2D eigenvalue weighted by Gasteiger charge is 2.19. The van der Waals surface area contributed by atoms with Crippen molar-refractivity contribution in [2.45, 2.75) is 0 Å². The molecule has 0 saturated heterocycles. The summed E-state index contributed by atoms with van der Waals surface area (Å²) < 4.78 is 5.49. The number of rotatable bonds is 4. The van der Waals surface area contributed by atoms with Crippen molar-refractivity contribution in [3.63, 3.8) is 0 Å². The van der Waals surface area contributed by atoms with Gasteiger partial charge in [-0.05, 0) is 24.3 Å². The highest BCUT2D eigenvalue weighted by Crippen LogP contribution is 2.31. The summed E-state index contributed by atoms with van der Waals surface area (Å²) in [7, 11) is 0. The van der Waals surface area contributed by atoms with E-state index in [0.717, 1.165) is 11.3 Å². The lowest BCUT2D eigenvalue weighted by atomic mass is 10.0. The summed E-state index contributed by atoms with van der Waals surface area (Å²) in [6.45, 7) is 0. The summed E-state index contributed by atoms with van der Waals surface area (Å²) >= 11 is 0. The third-order valence-electron chi connectivity index (χ3n) is 3.85. The molecule has 0 aliphatic rings. The van der Waals surface area contributed by atoms with Gasteiger partial charge >= 0.3 is 0 Å². The van der Waals surface area contributed by atoms with Gasteiger partial charge in [0, 0.05) is 11.3 Å². The number of nitriles is 1. The Hall–Kier alpha value is -3.91. The van der Waals surface area contributed by atoms with Crippen LogP contribution in [0.3, 0.4) is 0 Å². The van der Waals surface area contributed by atoms with Crippen LogP contribution < -0.4 is 5.32 Å². The van der Waals surface area contributed by atoms with Crippen molar-refractivity contribution in [3.05, 3.63) is 84.6 Å². The van der Waals surface area contributed by atoms with Crippen molar-refractivity contribution in [3.8, 4) is 28.8 Å². The lowest BCUT2D eigenvalue weighted by Crippen LogP contribution is -2.03. The molecule has 0 amide bonds. The normalized spacial score (nSPS) is 10.3. The molecule has 2 aromatic heterocycles. The van der Waals surface area contributed by atoms with Crippen LogP contribution in [0, 0.1) is 11.3 Å². The van der Waals surface area contributed by atoms with E-state index < -0.39 is 0 Å². The molecule has 0 atom stereocenters. The Labute approximate surface area is 150 Å². The molecule has 0 aliphatic heterocycles. The average molecular weight is 338 g/mol. The Morgan fingerprint density at radius 2 is 1.50 bits per heavy atom. The number of anilines is 2. The zero-order chi connectivity index (χ0) is 17.8. The Kier molecular flexibility index (Phi) is 4.15. The second-order valence-corrected chi connectivity index (χ2v) is 5.57. The van der Waals surface area contributed by atoms with Crippen LogP contribution in [0.2, 0.25) is 0 Å². The van der Waals surface area contributed by atoms with Crippen LogP contribution in [0.4, 0.5) is 11.6 Å². The van der Waals surface area contributed by atoms with Gasteiger partial charge in [0.2, 0.25) is 5.95 Å². The quantitative estimate of drug-likeness (QED) is 0.565. The van der Waals surface area contributed by atoms with Crippen LogP contribution in [0.25, 0.3) is 22.7 Å². The number of nitrogens with zero attached hydrogens (tertiary/aromatic N) is 3. The Balaban J connectivity index is 1.91. The monoisotopic (exact) mass is 338 g/mol. The van der Waals surface area contributed by atoms with E-state index in [1.807, 2.05) is 60.7 Å². The van der Waals surface area contributed by atoms with Gasteiger partial charge in [-0.25, -0.2) is 9.97 Å².